The lowest BCUT2D eigenvalue weighted by Gasteiger charge is -2.07. The minimum Gasteiger partial charge on any atom is -0.267 e. The van der Waals surface area contributed by atoms with Crippen molar-refractivity contribution in [2.75, 3.05) is 0 Å². The van der Waals surface area contributed by atoms with E-state index in [4.69, 9.17) is 11.6 Å². The Bertz CT molecular complexity index is 624. The normalized spacial score (nSPS) is 14.6. The predicted octanol–water partition coefficient (Wildman–Crippen LogP) is 4.34. The van der Waals surface area contributed by atoms with Crippen molar-refractivity contribution in [2.45, 2.75) is 19.3 Å². The third-order valence-corrected chi connectivity index (χ3v) is 4.01. The van der Waals surface area contributed by atoms with Crippen LogP contribution in [0, 0.1) is 5.92 Å². The Labute approximate surface area is 118 Å². The average molecular weight is 273 g/mol. The van der Waals surface area contributed by atoms with Gasteiger partial charge >= 0.3 is 0 Å². The summed E-state index contributed by atoms with van der Waals surface area (Å²) in [4.78, 5) is 0. The molecule has 1 aliphatic carbocycles. The van der Waals surface area contributed by atoms with Gasteiger partial charge in [0, 0.05) is 17.6 Å². The molecule has 1 fully saturated rings. The van der Waals surface area contributed by atoms with Crippen LogP contribution in [0.5, 0.6) is 0 Å². The summed E-state index contributed by atoms with van der Waals surface area (Å²) >= 11 is 6.39. The van der Waals surface area contributed by atoms with Gasteiger partial charge in [-0.1, -0.05) is 30.3 Å². The highest BCUT2D eigenvalue weighted by Crippen LogP contribution is 2.35. The molecule has 98 valence electrons. The monoisotopic (exact) mass is 272 g/mol. The zero-order valence-corrected chi connectivity index (χ0v) is 11.8. The maximum atomic E-state index is 6.39. The van der Waals surface area contributed by atoms with E-state index in [-0.39, 0.29) is 0 Å². The van der Waals surface area contributed by atoms with Gasteiger partial charge in [0.25, 0.3) is 0 Å². The fourth-order valence-corrected chi connectivity index (χ4v) is 2.62. The molecule has 1 aliphatic rings. The van der Waals surface area contributed by atoms with E-state index in [0.717, 1.165) is 34.3 Å². The standard InChI is InChI=1S/C16H17ClN2/c1-3-14-10-16(19(2)18-14)13-7-6-12(15(17)9-13)8-11-4-5-11/h3,6-7,9-11H,1,4-5,8H2,2H3. The zero-order valence-electron chi connectivity index (χ0n) is 11.1. The van der Waals surface area contributed by atoms with Crippen LogP contribution < -0.4 is 0 Å². The third-order valence-electron chi connectivity index (χ3n) is 3.66. The van der Waals surface area contributed by atoms with Crippen molar-refractivity contribution >= 4 is 17.7 Å². The third kappa shape index (κ3) is 2.59. The minimum atomic E-state index is 0.854. The van der Waals surface area contributed by atoms with Crippen LogP contribution >= 0.6 is 11.6 Å². The number of nitrogens with zero attached hydrogens (tertiary/aromatic N) is 2. The summed E-state index contributed by atoms with van der Waals surface area (Å²) in [6.07, 6.45) is 5.57. The summed E-state index contributed by atoms with van der Waals surface area (Å²) in [5.41, 5.74) is 4.32. The molecule has 19 heavy (non-hydrogen) atoms. The molecule has 0 bridgehead atoms. The Morgan fingerprint density at radius 1 is 1.42 bits per heavy atom. The first-order chi connectivity index (χ1) is 9.17. The van der Waals surface area contributed by atoms with Gasteiger partial charge in [-0.2, -0.15) is 5.10 Å². The highest BCUT2D eigenvalue weighted by atomic mass is 35.5. The van der Waals surface area contributed by atoms with Crippen molar-refractivity contribution in [1.29, 1.82) is 0 Å². The number of halogens is 1. The highest BCUT2D eigenvalue weighted by molar-refractivity contribution is 6.31. The van der Waals surface area contributed by atoms with Crippen LogP contribution in [0.1, 0.15) is 24.1 Å². The smallest absolute Gasteiger partial charge is 0.0851 e. The summed E-state index contributed by atoms with van der Waals surface area (Å²) in [7, 11) is 1.94. The summed E-state index contributed by atoms with van der Waals surface area (Å²) in [6, 6.07) is 8.35. The van der Waals surface area contributed by atoms with Crippen molar-refractivity contribution in [3.63, 3.8) is 0 Å². The maximum Gasteiger partial charge on any atom is 0.0851 e. The second kappa shape index (κ2) is 4.86. The summed E-state index contributed by atoms with van der Waals surface area (Å²) < 4.78 is 1.86. The first-order valence-electron chi connectivity index (χ1n) is 6.62. The van der Waals surface area contributed by atoms with Gasteiger partial charge in [0.05, 0.1) is 11.4 Å². The van der Waals surface area contributed by atoms with E-state index in [1.165, 1.54) is 18.4 Å². The van der Waals surface area contributed by atoms with Gasteiger partial charge in [-0.25, -0.2) is 0 Å². The molecule has 0 amide bonds. The molecule has 0 atom stereocenters. The molecule has 1 saturated carbocycles. The van der Waals surface area contributed by atoms with Crippen LogP contribution in [0.25, 0.3) is 17.3 Å². The van der Waals surface area contributed by atoms with E-state index >= 15 is 0 Å². The summed E-state index contributed by atoms with van der Waals surface area (Å²) in [5, 5.41) is 5.24. The Kier molecular flexibility index (Phi) is 3.19. The second-order valence-electron chi connectivity index (χ2n) is 5.24. The van der Waals surface area contributed by atoms with E-state index in [9.17, 15) is 0 Å². The second-order valence-corrected chi connectivity index (χ2v) is 5.64. The van der Waals surface area contributed by atoms with Crippen molar-refractivity contribution in [3.05, 3.63) is 47.1 Å². The van der Waals surface area contributed by atoms with E-state index < -0.39 is 0 Å². The maximum absolute atomic E-state index is 6.39. The molecule has 1 heterocycles. The lowest BCUT2D eigenvalue weighted by atomic mass is 10.0. The zero-order chi connectivity index (χ0) is 13.4. The van der Waals surface area contributed by atoms with Crippen LogP contribution in [0.2, 0.25) is 5.02 Å². The molecule has 0 unspecified atom stereocenters. The fraction of sp³-hybridized carbons (Fsp3) is 0.312. The largest absolute Gasteiger partial charge is 0.267 e. The van der Waals surface area contributed by atoms with Crippen LogP contribution in [-0.4, -0.2) is 9.78 Å². The summed E-state index contributed by atoms with van der Waals surface area (Å²) in [5.74, 6) is 0.854. The quantitative estimate of drug-likeness (QED) is 0.810. The molecule has 3 heteroatoms. The van der Waals surface area contributed by atoms with E-state index in [2.05, 4.69) is 23.8 Å². The highest BCUT2D eigenvalue weighted by Gasteiger charge is 2.22. The molecular formula is C16H17ClN2. The number of rotatable bonds is 4. The van der Waals surface area contributed by atoms with Crippen molar-refractivity contribution in [2.24, 2.45) is 13.0 Å². The molecule has 0 saturated heterocycles. The van der Waals surface area contributed by atoms with Crippen molar-refractivity contribution < 1.29 is 0 Å². The Hall–Kier alpha value is -1.54. The van der Waals surface area contributed by atoms with Gasteiger partial charge in [0.1, 0.15) is 0 Å². The van der Waals surface area contributed by atoms with Crippen LogP contribution in [0.3, 0.4) is 0 Å². The number of benzene rings is 1. The molecule has 1 aromatic heterocycles. The predicted molar refractivity (Wildman–Crippen MR) is 80.2 cm³/mol. The molecule has 0 radical (unpaired) electrons. The Morgan fingerprint density at radius 3 is 2.79 bits per heavy atom. The van der Waals surface area contributed by atoms with Crippen molar-refractivity contribution in [3.8, 4) is 11.3 Å². The van der Waals surface area contributed by atoms with Gasteiger partial charge in [-0.3, -0.25) is 4.68 Å². The molecule has 2 aromatic rings. The molecule has 1 aromatic carbocycles. The van der Waals surface area contributed by atoms with Gasteiger partial charge in [0.2, 0.25) is 0 Å². The van der Waals surface area contributed by atoms with Gasteiger partial charge < -0.3 is 0 Å². The van der Waals surface area contributed by atoms with Gasteiger partial charge in [-0.15, -0.1) is 0 Å². The molecular weight excluding hydrogens is 256 g/mol. The Morgan fingerprint density at radius 2 is 2.21 bits per heavy atom. The number of hydrogen-bond donors (Lipinski definition) is 0. The van der Waals surface area contributed by atoms with Gasteiger partial charge in [0.15, 0.2) is 0 Å². The fourth-order valence-electron chi connectivity index (χ4n) is 2.36. The van der Waals surface area contributed by atoms with Crippen LogP contribution in [0.4, 0.5) is 0 Å². The first-order valence-corrected chi connectivity index (χ1v) is 7.00. The lowest BCUT2D eigenvalue weighted by molar-refractivity contribution is 0.772. The molecule has 3 rings (SSSR count). The first kappa shape index (κ1) is 12.5. The topological polar surface area (TPSA) is 17.8 Å². The SMILES string of the molecule is C=Cc1cc(-c2ccc(CC3CC3)c(Cl)c2)n(C)n1. The number of aryl methyl sites for hydroxylation is 1. The minimum absolute atomic E-state index is 0.854. The van der Waals surface area contributed by atoms with Crippen LogP contribution in [0.15, 0.2) is 30.8 Å². The number of hydrogen-bond acceptors (Lipinski definition) is 1. The number of aromatic nitrogens is 2. The molecule has 0 N–H and O–H groups in total. The lowest BCUT2D eigenvalue weighted by Crippen LogP contribution is -1.95. The van der Waals surface area contributed by atoms with E-state index in [1.807, 2.05) is 23.9 Å². The van der Waals surface area contributed by atoms with Crippen LogP contribution in [-0.2, 0) is 13.5 Å². The summed E-state index contributed by atoms with van der Waals surface area (Å²) in [6.45, 7) is 3.75. The molecule has 0 aliphatic heterocycles. The average Bonchev–Trinajstić information content (AvgIpc) is 3.13. The van der Waals surface area contributed by atoms with Crippen molar-refractivity contribution in [1.82, 2.24) is 9.78 Å². The van der Waals surface area contributed by atoms with E-state index in [1.54, 1.807) is 6.08 Å². The Balaban J connectivity index is 1.93. The molecule has 2 nitrogen and oxygen atoms in total. The van der Waals surface area contributed by atoms with E-state index in [0.29, 0.717) is 0 Å². The van der Waals surface area contributed by atoms with Gasteiger partial charge in [-0.05, 0) is 49.0 Å². The molecule has 0 spiro atoms.